The summed E-state index contributed by atoms with van der Waals surface area (Å²) in [6, 6.07) is 3.69. The van der Waals surface area contributed by atoms with Gasteiger partial charge in [-0.05, 0) is 0 Å². The predicted molar refractivity (Wildman–Crippen MR) is 76.1 cm³/mol. The molecule has 7 nitrogen and oxygen atoms in total. The number of hydrogen-bond acceptors (Lipinski definition) is 6. The van der Waals surface area contributed by atoms with Crippen molar-refractivity contribution in [2.45, 2.75) is 6.10 Å². The average Bonchev–Trinajstić information content (AvgIpc) is 3.05. The third kappa shape index (κ3) is 2.93. The Bertz CT molecular complexity index is 601. The number of fused-ring (bicyclic) bond motifs is 1. The van der Waals surface area contributed by atoms with Crippen LogP contribution in [0.2, 0.25) is 0 Å². The van der Waals surface area contributed by atoms with Gasteiger partial charge in [0.15, 0.2) is 11.5 Å². The second-order valence-corrected chi connectivity index (χ2v) is 4.70. The van der Waals surface area contributed by atoms with E-state index in [1.807, 2.05) is 22.9 Å². The van der Waals surface area contributed by atoms with Gasteiger partial charge in [-0.1, -0.05) is 0 Å². The molecule has 1 aliphatic rings. The molecule has 0 saturated carbocycles. The lowest BCUT2D eigenvalue weighted by molar-refractivity contribution is 0.105. The van der Waals surface area contributed by atoms with E-state index in [4.69, 9.17) is 14.6 Å². The molecule has 2 aromatic rings. The third-order valence-electron chi connectivity index (χ3n) is 3.18. The Kier molecular flexibility index (Phi) is 3.94. The van der Waals surface area contributed by atoms with Crippen molar-refractivity contribution in [3.63, 3.8) is 0 Å². The minimum Gasteiger partial charge on any atom is -0.486 e. The van der Waals surface area contributed by atoms with E-state index in [1.54, 1.807) is 12.5 Å². The van der Waals surface area contributed by atoms with Crippen LogP contribution >= 0.6 is 0 Å². The molecule has 7 heteroatoms. The first-order valence-corrected chi connectivity index (χ1v) is 6.72. The number of aromatic nitrogens is 2. The highest BCUT2D eigenvalue weighted by Crippen LogP contribution is 2.37. The fourth-order valence-corrected chi connectivity index (χ4v) is 2.13. The standard InChI is InChI=1S/C14H17N3O4/c18-8-10(19)7-16-11-5-13-14(21-4-3-20-13)6-12(11)17-2-1-15-9-17/h1-2,5-6,9-10,16,18-19H,3-4,7-8H2. The van der Waals surface area contributed by atoms with E-state index in [2.05, 4.69) is 10.3 Å². The van der Waals surface area contributed by atoms with Crippen LogP contribution in [0.3, 0.4) is 0 Å². The molecule has 0 amide bonds. The molecule has 1 aromatic heterocycles. The van der Waals surface area contributed by atoms with E-state index < -0.39 is 6.10 Å². The lowest BCUT2D eigenvalue weighted by Gasteiger charge is -2.22. The number of nitrogens with zero attached hydrogens (tertiary/aromatic N) is 2. The summed E-state index contributed by atoms with van der Waals surface area (Å²) in [5.41, 5.74) is 1.60. The summed E-state index contributed by atoms with van der Waals surface area (Å²) < 4.78 is 13.0. The Morgan fingerprint density at radius 1 is 1.29 bits per heavy atom. The first-order chi connectivity index (χ1) is 10.3. The Hall–Kier alpha value is -2.25. The second-order valence-electron chi connectivity index (χ2n) is 4.70. The van der Waals surface area contributed by atoms with Crippen LogP contribution in [0.4, 0.5) is 5.69 Å². The van der Waals surface area contributed by atoms with Crippen LogP contribution in [0, 0.1) is 0 Å². The number of imidazole rings is 1. The van der Waals surface area contributed by atoms with Crippen molar-refractivity contribution in [2.24, 2.45) is 0 Å². The number of benzene rings is 1. The minimum absolute atomic E-state index is 0.234. The molecule has 1 aliphatic heterocycles. The van der Waals surface area contributed by atoms with Gasteiger partial charge < -0.3 is 29.6 Å². The summed E-state index contributed by atoms with van der Waals surface area (Å²) in [6.07, 6.45) is 4.36. The highest BCUT2D eigenvalue weighted by Gasteiger charge is 2.17. The lowest BCUT2D eigenvalue weighted by atomic mass is 10.2. The largest absolute Gasteiger partial charge is 0.486 e. The zero-order chi connectivity index (χ0) is 14.7. The van der Waals surface area contributed by atoms with E-state index in [9.17, 15) is 5.11 Å². The fourth-order valence-electron chi connectivity index (χ4n) is 2.13. The third-order valence-corrected chi connectivity index (χ3v) is 3.18. The first kappa shape index (κ1) is 13.7. The molecule has 0 aliphatic carbocycles. The van der Waals surface area contributed by atoms with Gasteiger partial charge in [0.25, 0.3) is 0 Å². The average molecular weight is 291 g/mol. The summed E-state index contributed by atoms with van der Waals surface area (Å²) in [7, 11) is 0. The molecule has 21 heavy (non-hydrogen) atoms. The molecule has 0 spiro atoms. The van der Waals surface area contributed by atoms with Gasteiger partial charge in [0, 0.05) is 31.1 Å². The van der Waals surface area contributed by atoms with Crippen LogP contribution in [0.15, 0.2) is 30.9 Å². The SMILES string of the molecule is OCC(O)CNc1cc2c(cc1-n1ccnc1)OCCO2. The van der Waals surface area contributed by atoms with E-state index in [0.29, 0.717) is 24.7 Å². The van der Waals surface area contributed by atoms with Gasteiger partial charge in [0.1, 0.15) is 13.2 Å². The number of hydrogen-bond donors (Lipinski definition) is 3. The quantitative estimate of drug-likeness (QED) is 0.739. The normalized spacial score (nSPS) is 14.8. The van der Waals surface area contributed by atoms with E-state index >= 15 is 0 Å². The van der Waals surface area contributed by atoms with Crippen molar-refractivity contribution in [3.05, 3.63) is 30.9 Å². The zero-order valence-electron chi connectivity index (χ0n) is 11.4. The lowest BCUT2D eigenvalue weighted by Crippen LogP contribution is -2.24. The smallest absolute Gasteiger partial charge is 0.163 e. The second kappa shape index (κ2) is 6.02. The van der Waals surface area contributed by atoms with Crippen LogP contribution in [0.1, 0.15) is 0 Å². The van der Waals surface area contributed by atoms with Crippen molar-refractivity contribution in [3.8, 4) is 17.2 Å². The predicted octanol–water partition coefficient (Wildman–Crippen LogP) is 0.409. The van der Waals surface area contributed by atoms with Crippen molar-refractivity contribution >= 4 is 5.69 Å². The van der Waals surface area contributed by atoms with Crippen LogP contribution < -0.4 is 14.8 Å². The first-order valence-electron chi connectivity index (χ1n) is 6.72. The highest BCUT2D eigenvalue weighted by atomic mass is 16.6. The van der Waals surface area contributed by atoms with Gasteiger partial charge in [-0.25, -0.2) is 4.98 Å². The maximum absolute atomic E-state index is 9.49. The summed E-state index contributed by atoms with van der Waals surface area (Å²) in [5.74, 6) is 1.34. The van der Waals surface area contributed by atoms with Gasteiger partial charge in [-0.15, -0.1) is 0 Å². The van der Waals surface area contributed by atoms with Crippen molar-refractivity contribution in [2.75, 3.05) is 31.7 Å². The molecule has 0 fully saturated rings. The molecule has 3 N–H and O–H groups in total. The van der Waals surface area contributed by atoms with Gasteiger partial charge in [0.05, 0.1) is 30.4 Å². The summed E-state index contributed by atoms with van der Waals surface area (Å²) in [6.45, 7) is 0.971. The van der Waals surface area contributed by atoms with Gasteiger partial charge >= 0.3 is 0 Å². The Labute approximate surface area is 121 Å². The van der Waals surface area contributed by atoms with Crippen LogP contribution in [-0.2, 0) is 0 Å². The summed E-state index contributed by atoms with van der Waals surface area (Å²) >= 11 is 0. The van der Waals surface area contributed by atoms with Gasteiger partial charge in [0.2, 0.25) is 0 Å². The number of aliphatic hydroxyl groups excluding tert-OH is 2. The van der Waals surface area contributed by atoms with E-state index in [1.165, 1.54) is 0 Å². The number of aliphatic hydroxyl groups is 2. The number of anilines is 1. The molecular formula is C14H17N3O4. The van der Waals surface area contributed by atoms with Crippen molar-refractivity contribution < 1.29 is 19.7 Å². The molecule has 1 unspecified atom stereocenters. The number of rotatable bonds is 5. The molecule has 2 heterocycles. The van der Waals surface area contributed by atoms with Crippen LogP contribution in [-0.4, -0.2) is 52.2 Å². The van der Waals surface area contributed by atoms with Crippen molar-refractivity contribution in [1.29, 1.82) is 0 Å². The number of nitrogens with one attached hydrogen (secondary N) is 1. The Balaban J connectivity index is 1.95. The molecular weight excluding hydrogens is 274 g/mol. The number of ether oxygens (including phenoxy) is 2. The Morgan fingerprint density at radius 2 is 2.05 bits per heavy atom. The summed E-state index contributed by atoms with van der Waals surface area (Å²) in [5, 5.41) is 21.5. The van der Waals surface area contributed by atoms with Crippen LogP contribution in [0.25, 0.3) is 5.69 Å². The molecule has 112 valence electrons. The Morgan fingerprint density at radius 3 is 2.71 bits per heavy atom. The molecule has 0 radical (unpaired) electrons. The molecule has 3 rings (SSSR count). The van der Waals surface area contributed by atoms with E-state index in [0.717, 1.165) is 11.4 Å². The van der Waals surface area contributed by atoms with E-state index in [-0.39, 0.29) is 13.2 Å². The summed E-state index contributed by atoms with van der Waals surface area (Å²) in [4.78, 5) is 4.04. The highest BCUT2D eigenvalue weighted by molar-refractivity contribution is 5.68. The fraction of sp³-hybridized carbons (Fsp3) is 0.357. The molecule has 1 atom stereocenters. The molecule has 0 saturated heterocycles. The monoisotopic (exact) mass is 291 g/mol. The maximum atomic E-state index is 9.49. The molecule has 0 bridgehead atoms. The zero-order valence-corrected chi connectivity index (χ0v) is 11.4. The van der Waals surface area contributed by atoms with Gasteiger partial charge in [-0.3, -0.25) is 0 Å². The van der Waals surface area contributed by atoms with Crippen LogP contribution in [0.5, 0.6) is 11.5 Å². The van der Waals surface area contributed by atoms with Gasteiger partial charge in [-0.2, -0.15) is 0 Å². The topological polar surface area (TPSA) is 88.8 Å². The maximum Gasteiger partial charge on any atom is 0.163 e. The minimum atomic E-state index is -0.825. The molecule has 1 aromatic carbocycles. The van der Waals surface area contributed by atoms with Crippen molar-refractivity contribution in [1.82, 2.24) is 9.55 Å².